The van der Waals surface area contributed by atoms with Crippen molar-refractivity contribution in [3.63, 3.8) is 0 Å². The van der Waals surface area contributed by atoms with E-state index in [0.29, 0.717) is 6.54 Å². The molecule has 0 spiro atoms. The largest absolute Gasteiger partial charge is 0.488 e. The summed E-state index contributed by atoms with van der Waals surface area (Å²) in [7, 11) is 6.09. The van der Waals surface area contributed by atoms with Gasteiger partial charge in [0.2, 0.25) is 0 Å². The average molecular weight is 415 g/mol. The van der Waals surface area contributed by atoms with E-state index in [9.17, 15) is 0 Å². The maximum Gasteiger partial charge on any atom is 0.191 e. The van der Waals surface area contributed by atoms with Crippen LogP contribution in [0.4, 0.5) is 0 Å². The lowest BCUT2D eigenvalue weighted by atomic mass is 10.1. The summed E-state index contributed by atoms with van der Waals surface area (Å²) in [6.45, 7) is 12.4. The van der Waals surface area contributed by atoms with E-state index in [1.54, 1.807) is 0 Å². The van der Waals surface area contributed by atoms with E-state index >= 15 is 0 Å². The van der Waals surface area contributed by atoms with E-state index < -0.39 is 0 Å². The standard InChI is InChI=1S/C23H38N6O/c1-9-24-22(26-15-20(28(6)7)19-14-27-29(8)16-19)25-13-18-11-10-17(2)12-21(18)30-23(3,4)5/h10-12,14,16,20H,9,13,15H2,1-8H3,(H2,24,25,26). The molecule has 0 saturated carbocycles. The van der Waals surface area contributed by atoms with Crippen LogP contribution in [-0.4, -0.2) is 53.4 Å². The smallest absolute Gasteiger partial charge is 0.191 e. The van der Waals surface area contributed by atoms with E-state index in [1.807, 2.05) is 17.9 Å². The number of aliphatic imine (C=N–C) groups is 1. The summed E-state index contributed by atoms with van der Waals surface area (Å²) in [6.07, 6.45) is 3.97. The molecule has 0 saturated heterocycles. The van der Waals surface area contributed by atoms with Crippen molar-refractivity contribution in [3.8, 4) is 5.75 Å². The van der Waals surface area contributed by atoms with Gasteiger partial charge in [-0.05, 0) is 60.3 Å². The third-order valence-corrected chi connectivity index (χ3v) is 4.59. The third-order valence-electron chi connectivity index (χ3n) is 4.59. The van der Waals surface area contributed by atoms with Crippen molar-refractivity contribution in [1.29, 1.82) is 0 Å². The number of benzene rings is 1. The molecule has 1 aromatic carbocycles. The summed E-state index contributed by atoms with van der Waals surface area (Å²) < 4.78 is 8.00. The minimum atomic E-state index is -0.252. The Hall–Kier alpha value is -2.54. The molecule has 0 aliphatic rings. The van der Waals surface area contributed by atoms with Crippen molar-refractivity contribution in [2.45, 2.75) is 52.8 Å². The fraction of sp³-hybridized carbons (Fsp3) is 0.565. The van der Waals surface area contributed by atoms with Crippen molar-refractivity contribution >= 4 is 5.96 Å². The number of nitrogens with one attached hydrogen (secondary N) is 2. The Kier molecular flexibility index (Phi) is 8.29. The lowest BCUT2D eigenvalue weighted by Gasteiger charge is -2.25. The first-order valence-electron chi connectivity index (χ1n) is 10.5. The topological polar surface area (TPSA) is 66.7 Å². The van der Waals surface area contributed by atoms with Crippen LogP contribution in [-0.2, 0) is 13.6 Å². The lowest BCUT2D eigenvalue weighted by Crippen LogP contribution is -2.41. The van der Waals surface area contributed by atoms with Gasteiger partial charge in [0.05, 0.1) is 18.8 Å². The predicted octanol–water partition coefficient (Wildman–Crippen LogP) is 3.26. The minimum absolute atomic E-state index is 0.196. The highest BCUT2D eigenvalue weighted by molar-refractivity contribution is 5.79. The van der Waals surface area contributed by atoms with E-state index in [-0.39, 0.29) is 11.6 Å². The number of aromatic nitrogens is 2. The molecular weight excluding hydrogens is 376 g/mol. The highest BCUT2D eigenvalue weighted by atomic mass is 16.5. The van der Waals surface area contributed by atoms with Gasteiger partial charge in [-0.1, -0.05) is 12.1 Å². The molecule has 1 unspecified atom stereocenters. The molecule has 2 aromatic rings. The molecule has 2 rings (SSSR count). The highest BCUT2D eigenvalue weighted by Gasteiger charge is 2.17. The molecule has 30 heavy (non-hydrogen) atoms. The van der Waals surface area contributed by atoms with Gasteiger partial charge < -0.3 is 20.3 Å². The molecule has 0 radical (unpaired) electrons. The second-order valence-electron chi connectivity index (χ2n) is 8.83. The number of aryl methyl sites for hydroxylation is 2. The number of rotatable bonds is 8. The Bertz CT molecular complexity index is 834. The summed E-state index contributed by atoms with van der Waals surface area (Å²) in [4.78, 5) is 6.99. The van der Waals surface area contributed by atoms with Gasteiger partial charge in [0.25, 0.3) is 0 Å². The Labute approximate surface area is 181 Å². The van der Waals surface area contributed by atoms with Crippen molar-refractivity contribution in [2.24, 2.45) is 12.0 Å². The first kappa shape index (κ1) is 23.7. The van der Waals surface area contributed by atoms with Gasteiger partial charge in [-0.3, -0.25) is 4.68 Å². The number of hydrogen-bond acceptors (Lipinski definition) is 4. The summed E-state index contributed by atoms with van der Waals surface area (Å²) in [5.41, 5.74) is 3.17. The molecule has 7 nitrogen and oxygen atoms in total. The number of likely N-dealkylation sites (N-methyl/N-ethyl adjacent to an activating group) is 1. The van der Waals surface area contributed by atoms with Crippen LogP contribution in [0.5, 0.6) is 5.75 Å². The Morgan fingerprint density at radius 2 is 2.00 bits per heavy atom. The lowest BCUT2D eigenvalue weighted by molar-refractivity contribution is 0.129. The van der Waals surface area contributed by atoms with Crippen LogP contribution < -0.4 is 15.4 Å². The second kappa shape index (κ2) is 10.5. The molecule has 0 amide bonds. The molecule has 0 aliphatic carbocycles. The van der Waals surface area contributed by atoms with Crippen molar-refractivity contribution in [3.05, 3.63) is 47.3 Å². The van der Waals surface area contributed by atoms with Crippen LogP contribution in [0.2, 0.25) is 0 Å². The van der Waals surface area contributed by atoms with Gasteiger partial charge >= 0.3 is 0 Å². The zero-order valence-corrected chi connectivity index (χ0v) is 19.8. The van der Waals surface area contributed by atoms with Gasteiger partial charge in [-0.25, -0.2) is 4.99 Å². The van der Waals surface area contributed by atoms with E-state index in [4.69, 9.17) is 9.73 Å². The fourth-order valence-electron chi connectivity index (χ4n) is 3.13. The summed E-state index contributed by atoms with van der Waals surface area (Å²) >= 11 is 0. The quantitative estimate of drug-likeness (QED) is 0.513. The molecular formula is C23H38N6O. The van der Waals surface area contributed by atoms with Crippen LogP contribution in [0.1, 0.15) is 50.4 Å². The van der Waals surface area contributed by atoms with E-state index in [0.717, 1.165) is 30.4 Å². The zero-order valence-electron chi connectivity index (χ0n) is 19.8. The Balaban J connectivity index is 2.14. The monoisotopic (exact) mass is 414 g/mol. The number of nitrogens with zero attached hydrogens (tertiary/aromatic N) is 4. The molecule has 0 fully saturated rings. The van der Waals surface area contributed by atoms with Crippen LogP contribution in [0.25, 0.3) is 0 Å². The first-order chi connectivity index (χ1) is 14.1. The zero-order chi connectivity index (χ0) is 22.3. The summed E-state index contributed by atoms with van der Waals surface area (Å²) in [5.74, 6) is 1.68. The van der Waals surface area contributed by atoms with Crippen molar-refractivity contribution in [2.75, 3.05) is 27.2 Å². The Morgan fingerprint density at radius 1 is 1.27 bits per heavy atom. The maximum absolute atomic E-state index is 6.17. The van der Waals surface area contributed by atoms with Crippen LogP contribution in [0.15, 0.2) is 35.6 Å². The van der Waals surface area contributed by atoms with E-state index in [1.165, 1.54) is 11.1 Å². The second-order valence-corrected chi connectivity index (χ2v) is 8.83. The number of ether oxygens (including phenoxy) is 1. The predicted molar refractivity (Wildman–Crippen MR) is 124 cm³/mol. The third kappa shape index (κ3) is 7.37. The number of hydrogen-bond donors (Lipinski definition) is 2. The molecule has 7 heteroatoms. The SMILES string of the molecule is CCNC(=NCc1ccc(C)cc1OC(C)(C)C)NCC(c1cnn(C)c1)N(C)C. The highest BCUT2D eigenvalue weighted by Crippen LogP contribution is 2.25. The van der Waals surface area contributed by atoms with Crippen LogP contribution in [0.3, 0.4) is 0 Å². The first-order valence-corrected chi connectivity index (χ1v) is 10.5. The molecule has 1 atom stereocenters. The van der Waals surface area contributed by atoms with Gasteiger partial charge in [0.1, 0.15) is 11.4 Å². The molecule has 166 valence electrons. The van der Waals surface area contributed by atoms with Gasteiger partial charge in [-0.15, -0.1) is 0 Å². The minimum Gasteiger partial charge on any atom is -0.488 e. The number of guanidine groups is 1. The van der Waals surface area contributed by atoms with Crippen LogP contribution >= 0.6 is 0 Å². The normalized spacial score (nSPS) is 13.4. The molecule has 0 aliphatic heterocycles. The summed E-state index contributed by atoms with van der Waals surface area (Å²) in [5, 5.41) is 11.1. The molecule has 1 aromatic heterocycles. The van der Waals surface area contributed by atoms with Crippen LogP contribution in [0, 0.1) is 6.92 Å². The van der Waals surface area contributed by atoms with Gasteiger partial charge in [-0.2, -0.15) is 5.10 Å². The fourth-order valence-corrected chi connectivity index (χ4v) is 3.13. The Morgan fingerprint density at radius 3 is 2.57 bits per heavy atom. The molecule has 1 heterocycles. The van der Waals surface area contributed by atoms with Gasteiger partial charge in [0.15, 0.2) is 5.96 Å². The van der Waals surface area contributed by atoms with E-state index in [2.05, 4.69) is 93.7 Å². The molecule has 0 bridgehead atoms. The molecule has 2 N–H and O–H groups in total. The summed E-state index contributed by atoms with van der Waals surface area (Å²) in [6, 6.07) is 6.48. The van der Waals surface area contributed by atoms with Gasteiger partial charge in [0, 0.05) is 37.5 Å². The van der Waals surface area contributed by atoms with Crippen molar-refractivity contribution in [1.82, 2.24) is 25.3 Å². The average Bonchev–Trinajstić information content (AvgIpc) is 3.05. The maximum atomic E-state index is 6.17. The van der Waals surface area contributed by atoms with Crippen molar-refractivity contribution < 1.29 is 4.74 Å².